The van der Waals surface area contributed by atoms with E-state index in [-0.39, 0.29) is 5.56 Å². The standard InChI is InChI=1S/C21H21BF3N3O/c1-14-12-16(6-5-15-13-17(29-2)7-8-19(15)23)28-21(14)18(9-10-26)20-4-3-11-27(20)22(28,24)25/h3-8,11-13H,9-10,26H2,1-2H3/b6-5+. The average molecular weight is 399 g/mol. The number of methoxy groups -OCH3 is 1. The van der Waals surface area contributed by atoms with Crippen LogP contribution in [0.3, 0.4) is 0 Å². The fourth-order valence-electron chi connectivity index (χ4n) is 4.03. The van der Waals surface area contributed by atoms with Crippen molar-refractivity contribution in [3.05, 3.63) is 70.4 Å². The molecule has 3 heterocycles. The summed E-state index contributed by atoms with van der Waals surface area (Å²) in [5, 5.41) is 0. The van der Waals surface area contributed by atoms with E-state index in [1.807, 2.05) is 0 Å². The summed E-state index contributed by atoms with van der Waals surface area (Å²) in [4.78, 5) is 0. The van der Waals surface area contributed by atoms with Gasteiger partial charge in [-0.05, 0) is 61.9 Å². The summed E-state index contributed by atoms with van der Waals surface area (Å²) in [5.41, 5.74) is 8.81. The van der Waals surface area contributed by atoms with E-state index in [0.29, 0.717) is 35.8 Å². The molecule has 2 aliphatic rings. The van der Waals surface area contributed by atoms with Gasteiger partial charge in [0, 0.05) is 34.7 Å². The molecule has 0 amide bonds. The highest BCUT2D eigenvalue weighted by atomic mass is 19.2. The van der Waals surface area contributed by atoms with Crippen molar-refractivity contribution < 1.29 is 22.2 Å². The van der Waals surface area contributed by atoms with Crippen molar-refractivity contribution in [3.8, 4) is 5.75 Å². The summed E-state index contributed by atoms with van der Waals surface area (Å²) in [5.74, 6) is 0.0362. The van der Waals surface area contributed by atoms with Gasteiger partial charge in [-0.3, -0.25) is 0 Å². The topological polar surface area (TPSA) is 43.2 Å². The molecule has 150 valence electrons. The molecule has 2 aromatic rings. The van der Waals surface area contributed by atoms with Crippen LogP contribution in [0.25, 0.3) is 17.7 Å². The number of fused-ring (bicyclic) bond motifs is 2. The van der Waals surface area contributed by atoms with Gasteiger partial charge in [-0.25, -0.2) is 4.39 Å². The number of aromatic nitrogens is 1. The summed E-state index contributed by atoms with van der Waals surface area (Å²) in [7, 11) is 1.49. The molecule has 8 heteroatoms. The van der Waals surface area contributed by atoms with E-state index in [4.69, 9.17) is 10.5 Å². The van der Waals surface area contributed by atoms with Crippen molar-refractivity contribution in [2.45, 2.75) is 13.3 Å². The first-order valence-corrected chi connectivity index (χ1v) is 9.38. The highest BCUT2D eigenvalue weighted by molar-refractivity contribution is 6.58. The Balaban J connectivity index is 1.86. The second kappa shape index (κ2) is 7.11. The van der Waals surface area contributed by atoms with Crippen LogP contribution in [-0.4, -0.2) is 35.8 Å². The van der Waals surface area contributed by atoms with Crippen molar-refractivity contribution in [3.63, 3.8) is 0 Å². The maximum absolute atomic E-state index is 15.5. The SMILES string of the molecule is COc1ccc(F)c(/C=C/c2cc(C)c3n2[B-](F)(F)[N+]2=CC=CC2=C3CCN)c1. The van der Waals surface area contributed by atoms with Gasteiger partial charge in [0.15, 0.2) is 5.70 Å². The third-order valence-electron chi connectivity index (χ3n) is 5.31. The Kier molecular flexibility index (Phi) is 4.74. The zero-order valence-electron chi connectivity index (χ0n) is 16.2. The Morgan fingerprint density at radius 1 is 1.24 bits per heavy atom. The predicted octanol–water partition coefficient (Wildman–Crippen LogP) is 4.06. The van der Waals surface area contributed by atoms with E-state index in [1.54, 1.807) is 25.1 Å². The first-order valence-electron chi connectivity index (χ1n) is 9.38. The number of benzene rings is 1. The minimum atomic E-state index is -4.08. The van der Waals surface area contributed by atoms with Crippen LogP contribution in [0.5, 0.6) is 5.75 Å². The van der Waals surface area contributed by atoms with E-state index in [2.05, 4.69) is 0 Å². The number of rotatable bonds is 5. The molecule has 0 aliphatic carbocycles. The molecular formula is C21H21BF3N3O. The fourth-order valence-corrected chi connectivity index (χ4v) is 4.03. The van der Waals surface area contributed by atoms with Gasteiger partial charge in [0.2, 0.25) is 0 Å². The van der Waals surface area contributed by atoms with Crippen LogP contribution in [0, 0.1) is 12.7 Å². The lowest BCUT2D eigenvalue weighted by atomic mass is 9.86. The molecule has 0 spiro atoms. The van der Waals surface area contributed by atoms with Gasteiger partial charge in [0.05, 0.1) is 7.11 Å². The molecule has 1 aromatic heterocycles. The molecular weight excluding hydrogens is 378 g/mol. The van der Waals surface area contributed by atoms with E-state index in [0.717, 1.165) is 20.1 Å². The largest absolute Gasteiger partial charge is 0.737 e. The average Bonchev–Trinajstić information content (AvgIpc) is 3.31. The fraction of sp³-hybridized carbons (Fsp3) is 0.190. The van der Waals surface area contributed by atoms with Crippen LogP contribution in [0.4, 0.5) is 13.0 Å². The number of hydrogen-bond acceptors (Lipinski definition) is 2. The lowest BCUT2D eigenvalue weighted by Crippen LogP contribution is -2.50. The number of allylic oxidation sites excluding steroid dienone is 2. The molecule has 4 nitrogen and oxygen atoms in total. The summed E-state index contributed by atoms with van der Waals surface area (Å²) < 4.78 is 52.2. The molecule has 0 fully saturated rings. The molecule has 4 rings (SSSR count). The summed E-state index contributed by atoms with van der Waals surface area (Å²) in [6, 6.07) is 6.02. The minimum Gasteiger partial charge on any atom is -0.497 e. The number of aryl methyl sites for hydroxylation is 1. The van der Waals surface area contributed by atoms with Crippen molar-refractivity contribution in [1.82, 2.24) is 4.48 Å². The number of halogens is 3. The lowest BCUT2D eigenvalue weighted by Gasteiger charge is -2.32. The molecule has 2 aliphatic heterocycles. The molecule has 0 saturated carbocycles. The first kappa shape index (κ1) is 19.3. The van der Waals surface area contributed by atoms with Crippen molar-refractivity contribution in [2.75, 3.05) is 13.7 Å². The minimum absolute atomic E-state index is 0.261. The zero-order chi connectivity index (χ0) is 20.8. The smallest absolute Gasteiger partial charge is 0.497 e. The normalized spacial score (nSPS) is 17.0. The van der Waals surface area contributed by atoms with Gasteiger partial charge in [-0.2, -0.15) is 0 Å². The molecule has 0 radical (unpaired) electrons. The monoisotopic (exact) mass is 399 g/mol. The molecule has 0 bridgehead atoms. The Hall–Kier alpha value is -3.00. The summed E-state index contributed by atoms with van der Waals surface area (Å²) in [6.45, 7) is -1.93. The van der Waals surface area contributed by atoms with Gasteiger partial charge < -0.3 is 28.1 Å². The van der Waals surface area contributed by atoms with Gasteiger partial charge >= 0.3 is 6.97 Å². The van der Waals surface area contributed by atoms with Crippen LogP contribution in [0.2, 0.25) is 0 Å². The van der Waals surface area contributed by atoms with Crippen LogP contribution < -0.4 is 10.5 Å². The Morgan fingerprint density at radius 3 is 2.76 bits per heavy atom. The van der Waals surface area contributed by atoms with Crippen molar-refractivity contribution in [2.24, 2.45) is 5.73 Å². The number of hydrogen-bond donors (Lipinski definition) is 1. The predicted molar refractivity (Wildman–Crippen MR) is 110 cm³/mol. The highest BCUT2D eigenvalue weighted by Crippen LogP contribution is 2.40. The van der Waals surface area contributed by atoms with E-state index < -0.39 is 12.8 Å². The summed E-state index contributed by atoms with van der Waals surface area (Å²) in [6.07, 6.45) is 8.18. The van der Waals surface area contributed by atoms with Crippen LogP contribution in [0.1, 0.15) is 28.9 Å². The van der Waals surface area contributed by atoms with E-state index in [1.165, 1.54) is 43.7 Å². The molecule has 0 saturated heterocycles. The zero-order valence-corrected chi connectivity index (χ0v) is 16.2. The summed E-state index contributed by atoms with van der Waals surface area (Å²) >= 11 is 0. The Bertz CT molecular complexity index is 1110. The molecule has 1 aromatic carbocycles. The van der Waals surface area contributed by atoms with Gasteiger partial charge in [0.1, 0.15) is 17.8 Å². The maximum Gasteiger partial charge on any atom is 0.737 e. The first-order chi connectivity index (χ1) is 13.9. The van der Waals surface area contributed by atoms with Crippen molar-refractivity contribution >= 4 is 30.9 Å². The van der Waals surface area contributed by atoms with Crippen LogP contribution in [0.15, 0.2) is 42.1 Å². The third kappa shape index (κ3) is 3.04. The quantitative estimate of drug-likeness (QED) is 0.771. The molecule has 29 heavy (non-hydrogen) atoms. The molecule has 0 atom stereocenters. The number of ether oxygens (including phenoxy) is 1. The Morgan fingerprint density at radius 2 is 2.03 bits per heavy atom. The number of nitrogens with two attached hydrogens (primary N) is 1. The molecule has 2 N–H and O–H groups in total. The second-order valence-electron chi connectivity index (χ2n) is 7.10. The maximum atomic E-state index is 15.5. The van der Waals surface area contributed by atoms with E-state index >= 15 is 8.63 Å². The lowest BCUT2D eigenvalue weighted by molar-refractivity contribution is -0.356. The number of nitrogens with zero attached hydrogens (tertiary/aromatic N) is 2. The third-order valence-corrected chi connectivity index (χ3v) is 5.31. The van der Waals surface area contributed by atoms with Gasteiger partial charge in [-0.1, -0.05) is 0 Å². The van der Waals surface area contributed by atoms with Crippen LogP contribution in [-0.2, 0) is 0 Å². The van der Waals surface area contributed by atoms with E-state index in [9.17, 15) is 4.39 Å². The molecule has 0 unspecified atom stereocenters. The highest BCUT2D eigenvalue weighted by Gasteiger charge is 2.52. The van der Waals surface area contributed by atoms with Gasteiger partial charge in [0.25, 0.3) is 0 Å². The van der Waals surface area contributed by atoms with Crippen LogP contribution >= 0.6 is 0 Å². The van der Waals surface area contributed by atoms with Crippen molar-refractivity contribution in [1.29, 1.82) is 0 Å². The van der Waals surface area contributed by atoms with Gasteiger partial charge in [-0.15, -0.1) is 0 Å². The Labute approximate surface area is 167 Å². The second-order valence-corrected chi connectivity index (χ2v) is 7.10.